The summed E-state index contributed by atoms with van der Waals surface area (Å²) < 4.78 is 0. The van der Waals surface area contributed by atoms with E-state index in [1.807, 2.05) is 6.07 Å². The van der Waals surface area contributed by atoms with E-state index in [1.165, 1.54) is 17.4 Å². The number of amides is 1. The van der Waals surface area contributed by atoms with Gasteiger partial charge >= 0.3 is 5.97 Å². The van der Waals surface area contributed by atoms with E-state index in [4.69, 9.17) is 5.11 Å². The fourth-order valence-corrected chi connectivity index (χ4v) is 4.56. The van der Waals surface area contributed by atoms with Crippen molar-refractivity contribution in [3.05, 3.63) is 93.4 Å². The Morgan fingerprint density at radius 2 is 1.71 bits per heavy atom. The number of phenols is 2. The molecule has 0 aliphatic heterocycles. The maximum absolute atomic E-state index is 13.1. The summed E-state index contributed by atoms with van der Waals surface area (Å²) in [5.74, 6) is -2.57. The van der Waals surface area contributed by atoms with Crippen LogP contribution in [0.4, 0.5) is 11.4 Å². The highest BCUT2D eigenvalue weighted by atomic mass is 32.1. The van der Waals surface area contributed by atoms with Gasteiger partial charge in [0.1, 0.15) is 0 Å². The Morgan fingerprint density at radius 3 is 2.46 bits per heavy atom. The van der Waals surface area contributed by atoms with Crippen molar-refractivity contribution in [3.8, 4) is 33.1 Å². The topological polar surface area (TPSA) is 150 Å². The Labute approximate surface area is 202 Å². The zero-order chi connectivity index (χ0) is 25.1. The number of nitro groups is 1. The van der Waals surface area contributed by atoms with Crippen LogP contribution in [0.5, 0.6) is 11.5 Å². The SMILES string of the molecule is O=C(O)Cc1ccc(-c2ccccc2NC(=O)c2cccc(-c3cc([N+](=O)[O-])cc(O)c3O)c2)s1. The quantitative estimate of drug-likeness (QED) is 0.156. The molecule has 0 bridgehead atoms. The molecule has 4 N–H and O–H groups in total. The number of carboxylic acids is 1. The summed E-state index contributed by atoms with van der Waals surface area (Å²) in [5, 5.41) is 43.1. The molecule has 0 aliphatic carbocycles. The molecule has 0 unspecified atom stereocenters. The predicted octanol–water partition coefficient (Wildman–Crippen LogP) is 5.28. The van der Waals surface area contributed by atoms with Gasteiger partial charge in [-0.3, -0.25) is 19.7 Å². The van der Waals surface area contributed by atoms with Crippen molar-refractivity contribution in [2.24, 2.45) is 0 Å². The number of nitrogens with zero attached hydrogens (tertiary/aromatic N) is 1. The summed E-state index contributed by atoms with van der Waals surface area (Å²) in [6.45, 7) is 0. The molecule has 0 aliphatic rings. The van der Waals surface area contributed by atoms with Crippen LogP contribution in [0.2, 0.25) is 0 Å². The fourth-order valence-electron chi connectivity index (χ4n) is 3.53. The number of para-hydroxylation sites is 1. The van der Waals surface area contributed by atoms with Crippen molar-refractivity contribution >= 4 is 34.6 Å². The molecular formula is C25H18N2O7S. The third kappa shape index (κ3) is 5.12. The van der Waals surface area contributed by atoms with Crippen LogP contribution in [0.3, 0.4) is 0 Å². The van der Waals surface area contributed by atoms with Gasteiger partial charge < -0.3 is 20.6 Å². The zero-order valence-electron chi connectivity index (χ0n) is 18.0. The Balaban J connectivity index is 1.64. The van der Waals surface area contributed by atoms with Gasteiger partial charge in [-0.2, -0.15) is 0 Å². The smallest absolute Gasteiger partial charge is 0.308 e. The number of nitro benzene ring substituents is 1. The molecule has 10 heteroatoms. The standard InChI is InChI=1S/C25H18N2O7S/c28-21-12-16(27(33)34)11-19(24(21)31)14-4-3-5-15(10-14)25(32)26-20-7-2-1-6-18(20)22-9-8-17(35-22)13-23(29)30/h1-12,28,31H,13H2,(H,26,32)(H,29,30). The van der Waals surface area contributed by atoms with E-state index in [1.54, 1.807) is 48.5 Å². The molecule has 0 spiro atoms. The normalized spacial score (nSPS) is 10.6. The van der Waals surface area contributed by atoms with Gasteiger partial charge in [0.15, 0.2) is 11.5 Å². The lowest BCUT2D eigenvalue weighted by molar-refractivity contribution is -0.384. The summed E-state index contributed by atoms with van der Waals surface area (Å²) >= 11 is 1.32. The van der Waals surface area contributed by atoms with E-state index in [0.29, 0.717) is 16.1 Å². The number of aromatic hydroxyl groups is 2. The van der Waals surface area contributed by atoms with Gasteiger partial charge in [0, 0.05) is 38.2 Å². The number of phenolic OH excluding ortho intramolecular Hbond substituents is 2. The van der Waals surface area contributed by atoms with E-state index >= 15 is 0 Å². The summed E-state index contributed by atoms with van der Waals surface area (Å²) in [4.78, 5) is 36.0. The lowest BCUT2D eigenvalue weighted by atomic mass is 10.0. The minimum atomic E-state index is -0.928. The minimum absolute atomic E-state index is 0.0105. The van der Waals surface area contributed by atoms with Gasteiger partial charge in [0.25, 0.3) is 11.6 Å². The number of carboxylic acid groups (broad SMARTS) is 1. The maximum atomic E-state index is 13.1. The van der Waals surface area contributed by atoms with Gasteiger partial charge in [-0.05, 0) is 35.9 Å². The average Bonchev–Trinajstić information content (AvgIpc) is 3.28. The first-order valence-corrected chi connectivity index (χ1v) is 11.1. The van der Waals surface area contributed by atoms with E-state index in [2.05, 4.69) is 5.32 Å². The van der Waals surface area contributed by atoms with Crippen LogP contribution >= 0.6 is 11.3 Å². The van der Waals surface area contributed by atoms with E-state index in [-0.39, 0.29) is 17.5 Å². The summed E-state index contributed by atoms with van der Waals surface area (Å²) in [5.41, 5.74) is 1.37. The number of hydrogen-bond donors (Lipinski definition) is 4. The molecule has 1 amide bonds. The maximum Gasteiger partial charge on any atom is 0.308 e. The van der Waals surface area contributed by atoms with Gasteiger partial charge in [0.2, 0.25) is 0 Å². The molecule has 0 fully saturated rings. The van der Waals surface area contributed by atoms with Crippen LogP contribution in [0.15, 0.2) is 72.8 Å². The van der Waals surface area contributed by atoms with Crippen molar-refractivity contribution in [2.75, 3.05) is 5.32 Å². The minimum Gasteiger partial charge on any atom is -0.504 e. The molecule has 4 aromatic rings. The number of nitrogens with one attached hydrogen (secondary N) is 1. The highest BCUT2D eigenvalue weighted by molar-refractivity contribution is 7.15. The van der Waals surface area contributed by atoms with Crippen molar-refractivity contribution < 1.29 is 29.8 Å². The Kier molecular flexibility index (Phi) is 6.47. The number of carbonyl (C=O) groups excluding carboxylic acids is 1. The third-order valence-electron chi connectivity index (χ3n) is 5.15. The van der Waals surface area contributed by atoms with E-state index < -0.39 is 34.0 Å². The lowest BCUT2D eigenvalue weighted by Gasteiger charge is -2.12. The van der Waals surface area contributed by atoms with Gasteiger partial charge in [-0.1, -0.05) is 30.3 Å². The van der Waals surface area contributed by atoms with Gasteiger partial charge in [-0.25, -0.2) is 0 Å². The number of benzene rings is 3. The number of anilines is 1. The number of non-ortho nitro benzene ring substituents is 1. The highest BCUT2D eigenvalue weighted by Gasteiger charge is 2.19. The molecule has 1 aromatic heterocycles. The molecule has 0 saturated carbocycles. The molecule has 9 nitrogen and oxygen atoms in total. The first kappa shape index (κ1) is 23.5. The second-order valence-electron chi connectivity index (χ2n) is 7.54. The molecular weight excluding hydrogens is 472 g/mol. The Hall–Kier alpha value is -4.70. The largest absolute Gasteiger partial charge is 0.504 e. The van der Waals surface area contributed by atoms with Crippen LogP contribution in [-0.2, 0) is 11.2 Å². The average molecular weight is 490 g/mol. The van der Waals surface area contributed by atoms with Crippen LogP contribution in [-0.4, -0.2) is 32.1 Å². The first-order valence-electron chi connectivity index (χ1n) is 10.2. The summed E-state index contributed by atoms with van der Waals surface area (Å²) in [6, 6.07) is 18.7. The number of carbonyl (C=O) groups is 2. The highest BCUT2D eigenvalue weighted by Crippen LogP contribution is 2.40. The molecule has 0 atom stereocenters. The third-order valence-corrected chi connectivity index (χ3v) is 6.27. The van der Waals surface area contributed by atoms with Crippen molar-refractivity contribution in [3.63, 3.8) is 0 Å². The molecule has 35 heavy (non-hydrogen) atoms. The number of aliphatic carboxylic acids is 1. The Morgan fingerprint density at radius 1 is 0.943 bits per heavy atom. The Bertz CT molecular complexity index is 1460. The summed E-state index contributed by atoms with van der Waals surface area (Å²) in [7, 11) is 0. The monoisotopic (exact) mass is 490 g/mol. The number of hydrogen-bond acceptors (Lipinski definition) is 7. The van der Waals surface area contributed by atoms with Crippen molar-refractivity contribution in [1.29, 1.82) is 0 Å². The van der Waals surface area contributed by atoms with Gasteiger partial charge in [-0.15, -0.1) is 11.3 Å². The van der Waals surface area contributed by atoms with E-state index in [9.17, 15) is 29.9 Å². The van der Waals surface area contributed by atoms with Crippen LogP contribution < -0.4 is 5.32 Å². The predicted molar refractivity (Wildman–Crippen MR) is 131 cm³/mol. The van der Waals surface area contributed by atoms with Crippen molar-refractivity contribution in [2.45, 2.75) is 6.42 Å². The number of thiophene rings is 1. The first-order chi connectivity index (χ1) is 16.7. The lowest BCUT2D eigenvalue weighted by Crippen LogP contribution is -2.12. The van der Waals surface area contributed by atoms with Crippen LogP contribution in [0, 0.1) is 10.1 Å². The van der Waals surface area contributed by atoms with E-state index in [0.717, 1.165) is 22.6 Å². The zero-order valence-corrected chi connectivity index (χ0v) is 18.8. The summed E-state index contributed by atoms with van der Waals surface area (Å²) in [6.07, 6.45) is -0.0912. The molecule has 0 radical (unpaired) electrons. The number of rotatable bonds is 7. The molecule has 3 aromatic carbocycles. The second-order valence-corrected chi connectivity index (χ2v) is 8.70. The van der Waals surface area contributed by atoms with Crippen LogP contribution in [0.25, 0.3) is 21.6 Å². The van der Waals surface area contributed by atoms with Crippen molar-refractivity contribution in [1.82, 2.24) is 0 Å². The second kappa shape index (κ2) is 9.65. The molecule has 1 heterocycles. The fraction of sp³-hybridized carbons (Fsp3) is 0.0400. The molecule has 4 rings (SSSR count). The molecule has 176 valence electrons. The van der Waals surface area contributed by atoms with Crippen LogP contribution in [0.1, 0.15) is 15.2 Å². The van der Waals surface area contributed by atoms with Gasteiger partial charge in [0.05, 0.1) is 17.4 Å². The molecule has 0 saturated heterocycles.